The Balaban J connectivity index is 2.83. The van der Waals surface area contributed by atoms with Gasteiger partial charge in [-0.05, 0) is 31.2 Å². The van der Waals surface area contributed by atoms with E-state index >= 15 is 0 Å². The van der Waals surface area contributed by atoms with Gasteiger partial charge in [0.25, 0.3) is 0 Å². The molecular formula is C11H23NS. The number of hydrogen-bond donors (Lipinski definition) is 2. The van der Waals surface area contributed by atoms with Crippen LogP contribution in [0.4, 0.5) is 0 Å². The maximum atomic E-state index is 5.41. The van der Waals surface area contributed by atoms with E-state index in [1.807, 2.05) is 5.41 Å². The van der Waals surface area contributed by atoms with Crippen LogP contribution in [0.3, 0.4) is 0 Å². The average Bonchev–Trinajstić information content (AvgIpc) is 2.16. The van der Waals surface area contributed by atoms with Gasteiger partial charge in [-0.2, -0.15) is 12.6 Å². The lowest BCUT2D eigenvalue weighted by atomic mass is 10.1. The Morgan fingerprint density at radius 3 is 1.92 bits per heavy atom. The SMILES string of the molecule is NCCCCCCCCCC=CS. The van der Waals surface area contributed by atoms with E-state index in [0.717, 1.165) is 6.54 Å². The van der Waals surface area contributed by atoms with Crippen LogP contribution in [-0.4, -0.2) is 6.54 Å². The number of allylic oxidation sites excluding steroid dienone is 1. The maximum absolute atomic E-state index is 5.41. The average molecular weight is 201 g/mol. The smallest absolute Gasteiger partial charge is 0.00773 e. The van der Waals surface area contributed by atoms with E-state index in [0.29, 0.717) is 0 Å². The Morgan fingerprint density at radius 2 is 1.38 bits per heavy atom. The third kappa shape index (κ3) is 12.1. The third-order valence-corrected chi connectivity index (χ3v) is 2.39. The normalized spacial score (nSPS) is 11.2. The highest BCUT2D eigenvalue weighted by Gasteiger charge is 1.89. The van der Waals surface area contributed by atoms with Crippen molar-refractivity contribution in [2.75, 3.05) is 6.54 Å². The van der Waals surface area contributed by atoms with E-state index in [1.165, 1.54) is 51.4 Å². The summed E-state index contributed by atoms with van der Waals surface area (Å²) in [5.41, 5.74) is 5.41. The van der Waals surface area contributed by atoms with Crippen LogP contribution in [0, 0.1) is 0 Å². The summed E-state index contributed by atoms with van der Waals surface area (Å²) in [6.45, 7) is 0.854. The van der Waals surface area contributed by atoms with Crippen LogP contribution in [0.5, 0.6) is 0 Å². The van der Waals surface area contributed by atoms with Crippen LogP contribution >= 0.6 is 12.6 Å². The molecule has 0 radical (unpaired) electrons. The molecule has 0 atom stereocenters. The summed E-state index contributed by atoms with van der Waals surface area (Å²) in [4.78, 5) is 0. The van der Waals surface area contributed by atoms with Gasteiger partial charge in [0.2, 0.25) is 0 Å². The zero-order chi connectivity index (χ0) is 9.78. The minimum absolute atomic E-state index is 0.854. The first-order chi connectivity index (χ1) is 6.41. The first kappa shape index (κ1) is 13.1. The van der Waals surface area contributed by atoms with Gasteiger partial charge in [0, 0.05) is 0 Å². The van der Waals surface area contributed by atoms with E-state index in [1.54, 1.807) is 0 Å². The fourth-order valence-corrected chi connectivity index (χ4v) is 1.51. The fourth-order valence-electron chi connectivity index (χ4n) is 1.36. The molecule has 0 spiro atoms. The van der Waals surface area contributed by atoms with Crippen LogP contribution < -0.4 is 5.73 Å². The first-order valence-electron chi connectivity index (χ1n) is 5.41. The Kier molecular flexibility index (Phi) is 12.1. The van der Waals surface area contributed by atoms with E-state index in [2.05, 4.69) is 18.7 Å². The lowest BCUT2D eigenvalue weighted by Crippen LogP contribution is -1.97. The first-order valence-corrected chi connectivity index (χ1v) is 5.92. The number of nitrogens with two attached hydrogens (primary N) is 1. The highest BCUT2D eigenvalue weighted by Crippen LogP contribution is 2.08. The number of thiol groups is 1. The van der Waals surface area contributed by atoms with Crippen LogP contribution in [0.1, 0.15) is 51.4 Å². The number of hydrogen-bond acceptors (Lipinski definition) is 2. The van der Waals surface area contributed by atoms with Crippen LogP contribution in [0.15, 0.2) is 11.5 Å². The fraction of sp³-hybridized carbons (Fsp3) is 0.818. The Bertz CT molecular complexity index is 113. The monoisotopic (exact) mass is 201 g/mol. The van der Waals surface area contributed by atoms with Gasteiger partial charge in [0.15, 0.2) is 0 Å². The molecule has 0 saturated heterocycles. The van der Waals surface area contributed by atoms with Gasteiger partial charge in [-0.25, -0.2) is 0 Å². The number of unbranched alkanes of at least 4 members (excludes halogenated alkanes) is 7. The zero-order valence-corrected chi connectivity index (χ0v) is 9.44. The minimum atomic E-state index is 0.854. The van der Waals surface area contributed by atoms with Crippen molar-refractivity contribution in [2.45, 2.75) is 51.4 Å². The molecule has 0 aromatic carbocycles. The van der Waals surface area contributed by atoms with Gasteiger partial charge in [-0.3, -0.25) is 0 Å². The molecule has 0 amide bonds. The standard InChI is InChI=1S/C11H23NS/c12-10-8-6-4-2-1-3-5-7-9-11-13/h9,11,13H,1-8,10,12H2. The van der Waals surface area contributed by atoms with E-state index < -0.39 is 0 Å². The quantitative estimate of drug-likeness (QED) is 0.433. The summed E-state index contributed by atoms with van der Waals surface area (Å²) in [5.74, 6) is 0. The van der Waals surface area contributed by atoms with E-state index in [9.17, 15) is 0 Å². The Labute approximate surface area is 88.2 Å². The van der Waals surface area contributed by atoms with Gasteiger partial charge in [-0.15, -0.1) is 0 Å². The van der Waals surface area contributed by atoms with Gasteiger partial charge in [-0.1, -0.05) is 38.2 Å². The molecule has 0 aromatic heterocycles. The molecule has 0 heterocycles. The molecule has 0 saturated carbocycles. The molecule has 0 unspecified atom stereocenters. The molecule has 0 aliphatic carbocycles. The number of rotatable bonds is 9. The maximum Gasteiger partial charge on any atom is -0.00773 e. The van der Waals surface area contributed by atoms with Crippen molar-refractivity contribution in [1.82, 2.24) is 0 Å². The Morgan fingerprint density at radius 1 is 0.846 bits per heavy atom. The second kappa shape index (κ2) is 12.0. The second-order valence-electron chi connectivity index (χ2n) is 3.44. The summed E-state index contributed by atoms with van der Waals surface area (Å²) in [6, 6.07) is 0. The largest absolute Gasteiger partial charge is 0.330 e. The molecule has 0 rings (SSSR count). The van der Waals surface area contributed by atoms with Gasteiger partial charge in [0.1, 0.15) is 0 Å². The van der Waals surface area contributed by atoms with Crippen molar-refractivity contribution < 1.29 is 0 Å². The van der Waals surface area contributed by atoms with Crippen LogP contribution in [0.2, 0.25) is 0 Å². The van der Waals surface area contributed by atoms with Gasteiger partial charge in [0.05, 0.1) is 0 Å². The van der Waals surface area contributed by atoms with Crippen molar-refractivity contribution in [3.63, 3.8) is 0 Å². The lowest BCUT2D eigenvalue weighted by molar-refractivity contribution is 0.584. The van der Waals surface area contributed by atoms with Gasteiger partial charge >= 0.3 is 0 Å². The molecule has 13 heavy (non-hydrogen) atoms. The summed E-state index contributed by atoms with van der Waals surface area (Å²) >= 11 is 4.01. The van der Waals surface area contributed by atoms with E-state index in [4.69, 9.17) is 5.73 Å². The molecule has 1 nitrogen and oxygen atoms in total. The van der Waals surface area contributed by atoms with Crippen molar-refractivity contribution in [1.29, 1.82) is 0 Å². The summed E-state index contributed by atoms with van der Waals surface area (Å²) in [6.07, 6.45) is 12.6. The van der Waals surface area contributed by atoms with Crippen LogP contribution in [-0.2, 0) is 0 Å². The highest BCUT2D eigenvalue weighted by atomic mass is 32.1. The summed E-state index contributed by atoms with van der Waals surface area (Å²) in [7, 11) is 0. The Hall–Kier alpha value is 0.0500. The molecule has 2 N–H and O–H groups in total. The molecule has 0 aromatic rings. The predicted molar refractivity (Wildman–Crippen MR) is 64.1 cm³/mol. The minimum Gasteiger partial charge on any atom is -0.330 e. The van der Waals surface area contributed by atoms with Crippen molar-refractivity contribution in [3.8, 4) is 0 Å². The van der Waals surface area contributed by atoms with Crippen molar-refractivity contribution in [2.24, 2.45) is 5.73 Å². The third-order valence-electron chi connectivity index (χ3n) is 2.18. The lowest BCUT2D eigenvalue weighted by Gasteiger charge is -1.99. The van der Waals surface area contributed by atoms with Crippen molar-refractivity contribution in [3.05, 3.63) is 11.5 Å². The predicted octanol–water partition coefficient (Wildman–Crippen LogP) is 3.51. The molecule has 0 aliphatic rings. The van der Waals surface area contributed by atoms with Gasteiger partial charge < -0.3 is 5.73 Å². The zero-order valence-electron chi connectivity index (χ0n) is 8.54. The van der Waals surface area contributed by atoms with Crippen LogP contribution in [0.25, 0.3) is 0 Å². The molecule has 0 bridgehead atoms. The summed E-state index contributed by atoms with van der Waals surface area (Å²) < 4.78 is 0. The molecular weight excluding hydrogens is 178 g/mol. The van der Waals surface area contributed by atoms with E-state index in [-0.39, 0.29) is 0 Å². The summed E-state index contributed by atoms with van der Waals surface area (Å²) in [5, 5.41) is 1.83. The highest BCUT2D eigenvalue weighted by molar-refractivity contribution is 7.83. The molecule has 0 aliphatic heterocycles. The second-order valence-corrected chi connectivity index (χ2v) is 3.74. The topological polar surface area (TPSA) is 26.0 Å². The van der Waals surface area contributed by atoms with Crippen molar-refractivity contribution >= 4 is 12.6 Å². The molecule has 2 heteroatoms. The molecule has 0 fully saturated rings. The molecule has 78 valence electrons.